The fraction of sp³-hybridized carbons (Fsp3) is 0. The second kappa shape index (κ2) is 5.67. The molecule has 4 nitrogen and oxygen atoms in total. The molecule has 3 rings (SSSR count). The zero-order valence-corrected chi connectivity index (χ0v) is 13.6. The molecule has 0 fully saturated rings. The van der Waals surface area contributed by atoms with Crippen LogP contribution in [0.2, 0.25) is 10.0 Å². The van der Waals surface area contributed by atoms with E-state index in [1.54, 1.807) is 12.1 Å². The highest BCUT2D eigenvalue weighted by atomic mass is 79.9. The zero-order chi connectivity index (χ0) is 15.0. The molecule has 0 aliphatic rings. The number of nitrogens with two attached hydrogens (primary N) is 1. The highest BCUT2D eigenvalue weighted by molar-refractivity contribution is 9.10. The average Bonchev–Trinajstić information content (AvgIpc) is 2.93. The normalized spacial score (nSPS) is 10.8. The largest absolute Gasteiger partial charge is 0.397 e. The van der Waals surface area contributed by atoms with E-state index in [4.69, 9.17) is 33.5 Å². The fourth-order valence-corrected chi connectivity index (χ4v) is 2.57. The highest BCUT2D eigenvalue weighted by Gasteiger charge is 2.15. The number of nitrogen functional groups attached to an aromatic ring is 1. The lowest BCUT2D eigenvalue weighted by molar-refractivity contribution is 0.432. The molecule has 0 bridgehead atoms. The summed E-state index contributed by atoms with van der Waals surface area (Å²) in [7, 11) is 0. The lowest BCUT2D eigenvalue weighted by Crippen LogP contribution is -1.92. The summed E-state index contributed by atoms with van der Waals surface area (Å²) in [6.45, 7) is 0. The van der Waals surface area contributed by atoms with Crippen molar-refractivity contribution in [2.24, 2.45) is 0 Å². The van der Waals surface area contributed by atoms with Crippen molar-refractivity contribution in [2.75, 3.05) is 5.73 Å². The van der Waals surface area contributed by atoms with Crippen molar-refractivity contribution in [2.45, 2.75) is 0 Å². The quantitative estimate of drug-likeness (QED) is 0.627. The molecular formula is C14H8BrCl2N3O. The van der Waals surface area contributed by atoms with E-state index in [0.717, 1.165) is 10.0 Å². The minimum Gasteiger partial charge on any atom is -0.397 e. The maximum absolute atomic E-state index is 6.01. The first-order valence-electron chi connectivity index (χ1n) is 5.89. The van der Waals surface area contributed by atoms with Crippen LogP contribution in [0.25, 0.3) is 22.8 Å². The molecule has 0 unspecified atom stereocenters. The van der Waals surface area contributed by atoms with E-state index in [9.17, 15) is 0 Å². The Balaban J connectivity index is 2.04. The smallest absolute Gasteiger partial charge is 0.260 e. The molecule has 1 aromatic heterocycles. The molecule has 0 aliphatic carbocycles. The number of halogens is 3. The van der Waals surface area contributed by atoms with Crippen LogP contribution in [0.3, 0.4) is 0 Å². The van der Waals surface area contributed by atoms with E-state index in [2.05, 4.69) is 26.1 Å². The molecular weight excluding hydrogens is 377 g/mol. The maximum atomic E-state index is 6.01. The molecule has 2 N–H and O–H groups in total. The molecule has 1 heterocycles. The Labute approximate surface area is 139 Å². The highest BCUT2D eigenvalue weighted by Crippen LogP contribution is 2.34. The Hall–Kier alpha value is -1.56. The van der Waals surface area contributed by atoms with E-state index >= 15 is 0 Å². The lowest BCUT2D eigenvalue weighted by atomic mass is 10.2. The molecule has 0 saturated heterocycles. The van der Waals surface area contributed by atoms with E-state index in [1.807, 2.05) is 24.3 Å². The summed E-state index contributed by atoms with van der Waals surface area (Å²) < 4.78 is 6.23. The number of rotatable bonds is 2. The molecule has 0 spiro atoms. The van der Waals surface area contributed by atoms with Crippen molar-refractivity contribution < 1.29 is 4.52 Å². The van der Waals surface area contributed by atoms with Gasteiger partial charge in [0.2, 0.25) is 5.82 Å². The van der Waals surface area contributed by atoms with E-state index in [0.29, 0.717) is 27.1 Å². The minimum absolute atomic E-state index is 0.273. The Morgan fingerprint density at radius 2 is 1.81 bits per heavy atom. The van der Waals surface area contributed by atoms with Gasteiger partial charge in [0.25, 0.3) is 5.89 Å². The summed E-state index contributed by atoms with van der Waals surface area (Å²) in [6.07, 6.45) is 0. The van der Waals surface area contributed by atoms with Gasteiger partial charge in [0.05, 0.1) is 16.3 Å². The summed E-state index contributed by atoms with van der Waals surface area (Å²) in [5, 5.41) is 4.75. The van der Waals surface area contributed by atoms with Crippen LogP contribution in [0.15, 0.2) is 45.4 Å². The summed E-state index contributed by atoms with van der Waals surface area (Å²) in [6, 6.07) is 10.8. The van der Waals surface area contributed by atoms with Crippen molar-refractivity contribution >= 4 is 44.8 Å². The van der Waals surface area contributed by atoms with Crippen LogP contribution in [0.1, 0.15) is 0 Å². The van der Waals surface area contributed by atoms with Gasteiger partial charge in [-0.05, 0) is 36.4 Å². The third kappa shape index (κ3) is 2.90. The lowest BCUT2D eigenvalue weighted by Gasteiger charge is -2.03. The van der Waals surface area contributed by atoms with Crippen molar-refractivity contribution in [3.05, 3.63) is 50.9 Å². The summed E-state index contributed by atoms with van der Waals surface area (Å²) in [5.41, 5.74) is 7.63. The van der Waals surface area contributed by atoms with Gasteiger partial charge in [-0.1, -0.05) is 44.3 Å². The molecule has 0 amide bonds. The summed E-state index contributed by atoms with van der Waals surface area (Å²) >= 11 is 15.4. The van der Waals surface area contributed by atoms with Crippen LogP contribution in [0, 0.1) is 0 Å². The number of nitrogens with zero attached hydrogens (tertiary/aromatic N) is 2. The first kappa shape index (κ1) is 14.4. The van der Waals surface area contributed by atoms with Crippen LogP contribution >= 0.6 is 39.1 Å². The minimum atomic E-state index is 0.273. The van der Waals surface area contributed by atoms with Gasteiger partial charge in [-0.2, -0.15) is 4.98 Å². The number of aromatic nitrogens is 2. The predicted octanol–water partition coefficient (Wildman–Crippen LogP) is 5.06. The third-order valence-corrected chi connectivity index (χ3v) is 3.91. The summed E-state index contributed by atoms with van der Waals surface area (Å²) in [4.78, 5) is 4.33. The molecule has 106 valence electrons. The number of hydrogen-bond acceptors (Lipinski definition) is 4. The standard InChI is InChI=1S/C14H8BrCl2N3O/c15-8-3-1-7(2-4-8)13-19-14(21-20-13)10-5-9(16)6-11(17)12(10)18/h1-6H,18H2. The van der Waals surface area contributed by atoms with Gasteiger partial charge < -0.3 is 10.3 Å². The van der Waals surface area contributed by atoms with Gasteiger partial charge in [0.1, 0.15) is 0 Å². The van der Waals surface area contributed by atoms with Crippen LogP contribution in [0.5, 0.6) is 0 Å². The van der Waals surface area contributed by atoms with Gasteiger partial charge >= 0.3 is 0 Å². The Bertz CT molecular complexity index is 802. The molecule has 2 aromatic carbocycles. The fourth-order valence-electron chi connectivity index (χ4n) is 1.81. The van der Waals surface area contributed by atoms with Crippen molar-refractivity contribution in [3.8, 4) is 22.8 Å². The molecule has 7 heteroatoms. The van der Waals surface area contributed by atoms with Crippen LogP contribution in [-0.2, 0) is 0 Å². The zero-order valence-electron chi connectivity index (χ0n) is 10.5. The van der Waals surface area contributed by atoms with E-state index in [1.165, 1.54) is 0 Å². The van der Waals surface area contributed by atoms with Crippen molar-refractivity contribution in [1.82, 2.24) is 10.1 Å². The molecule has 0 saturated carbocycles. The Kier molecular flexibility index (Phi) is 3.89. The SMILES string of the molecule is Nc1c(Cl)cc(Cl)cc1-c1nc(-c2ccc(Br)cc2)no1. The van der Waals surface area contributed by atoms with E-state index < -0.39 is 0 Å². The Morgan fingerprint density at radius 1 is 1.10 bits per heavy atom. The van der Waals surface area contributed by atoms with Crippen LogP contribution in [-0.4, -0.2) is 10.1 Å². The third-order valence-electron chi connectivity index (χ3n) is 2.85. The first-order chi connectivity index (χ1) is 10.0. The van der Waals surface area contributed by atoms with Crippen molar-refractivity contribution in [1.29, 1.82) is 0 Å². The van der Waals surface area contributed by atoms with Crippen LogP contribution in [0.4, 0.5) is 5.69 Å². The van der Waals surface area contributed by atoms with Crippen LogP contribution < -0.4 is 5.73 Å². The topological polar surface area (TPSA) is 64.9 Å². The monoisotopic (exact) mass is 383 g/mol. The molecule has 3 aromatic rings. The second-order valence-electron chi connectivity index (χ2n) is 4.28. The van der Waals surface area contributed by atoms with Crippen molar-refractivity contribution in [3.63, 3.8) is 0 Å². The maximum Gasteiger partial charge on any atom is 0.260 e. The number of benzene rings is 2. The second-order valence-corrected chi connectivity index (χ2v) is 6.04. The molecule has 0 atom stereocenters. The van der Waals surface area contributed by atoms with Gasteiger partial charge in [-0.15, -0.1) is 0 Å². The summed E-state index contributed by atoms with van der Waals surface area (Å²) in [5.74, 6) is 0.739. The molecule has 21 heavy (non-hydrogen) atoms. The number of hydrogen-bond donors (Lipinski definition) is 1. The van der Waals surface area contributed by atoms with Gasteiger partial charge in [0.15, 0.2) is 0 Å². The average molecular weight is 385 g/mol. The van der Waals surface area contributed by atoms with Gasteiger partial charge in [-0.3, -0.25) is 0 Å². The van der Waals surface area contributed by atoms with Gasteiger partial charge in [-0.25, -0.2) is 0 Å². The first-order valence-corrected chi connectivity index (χ1v) is 7.44. The molecule has 0 radical (unpaired) electrons. The van der Waals surface area contributed by atoms with E-state index in [-0.39, 0.29) is 5.89 Å². The number of anilines is 1. The Morgan fingerprint density at radius 3 is 2.52 bits per heavy atom. The van der Waals surface area contributed by atoms with Gasteiger partial charge in [0, 0.05) is 15.1 Å². The molecule has 0 aliphatic heterocycles. The predicted molar refractivity (Wildman–Crippen MR) is 87.3 cm³/mol.